The predicted octanol–water partition coefficient (Wildman–Crippen LogP) is 2.50. The first kappa shape index (κ1) is 18.2. The quantitative estimate of drug-likeness (QED) is 0.894. The van der Waals surface area contributed by atoms with E-state index in [0.29, 0.717) is 37.4 Å². The second kappa shape index (κ2) is 8.17. The number of carbonyl (C=O) groups excluding carboxylic acids is 2. The van der Waals surface area contributed by atoms with Crippen LogP contribution in [0.25, 0.3) is 0 Å². The van der Waals surface area contributed by atoms with Gasteiger partial charge in [-0.3, -0.25) is 14.6 Å². The molecule has 138 valence electrons. The maximum absolute atomic E-state index is 12.7. The van der Waals surface area contributed by atoms with E-state index in [1.54, 1.807) is 24.1 Å². The maximum atomic E-state index is 12.7. The zero-order valence-corrected chi connectivity index (χ0v) is 15.3. The van der Waals surface area contributed by atoms with Crippen molar-refractivity contribution in [3.8, 4) is 0 Å². The molecule has 2 aromatic rings. The molecule has 2 amide bonds. The van der Waals surface area contributed by atoms with Crippen molar-refractivity contribution in [2.75, 3.05) is 19.6 Å². The molecule has 0 radical (unpaired) electrons. The smallest absolute Gasteiger partial charge is 0.257 e. The van der Waals surface area contributed by atoms with E-state index >= 15 is 0 Å². The monoisotopic (exact) mass is 355 g/mol. The highest BCUT2D eigenvalue weighted by atomic mass is 16.3. The highest BCUT2D eigenvalue weighted by Gasteiger charge is 2.30. The van der Waals surface area contributed by atoms with Gasteiger partial charge >= 0.3 is 0 Å². The van der Waals surface area contributed by atoms with Crippen LogP contribution in [0.4, 0.5) is 0 Å². The molecule has 0 saturated carbocycles. The molecule has 1 aliphatic heterocycles. The van der Waals surface area contributed by atoms with Crippen molar-refractivity contribution < 1.29 is 14.0 Å². The summed E-state index contributed by atoms with van der Waals surface area (Å²) < 4.78 is 5.46. The summed E-state index contributed by atoms with van der Waals surface area (Å²) in [6.45, 7) is 5.32. The van der Waals surface area contributed by atoms with Crippen molar-refractivity contribution in [2.45, 2.75) is 33.1 Å². The normalized spacial score (nSPS) is 17.2. The Morgan fingerprint density at radius 1 is 1.35 bits per heavy atom. The van der Waals surface area contributed by atoms with Gasteiger partial charge in [0, 0.05) is 37.9 Å². The topological polar surface area (TPSA) is 75.4 Å². The average molecular weight is 355 g/mol. The maximum Gasteiger partial charge on any atom is 0.257 e. The van der Waals surface area contributed by atoms with Gasteiger partial charge < -0.3 is 14.6 Å². The van der Waals surface area contributed by atoms with E-state index in [9.17, 15) is 9.59 Å². The van der Waals surface area contributed by atoms with Gasteiger partial charge in [-0.25, -0.2) is 0 Å². The molecule has 0 aliphatic carbocycles. The number of nitrogens with zero attached hydrogens (tertiary/aromatic N) is 2. The lowest BCUT2D eigenvalue weighted by Crippen LogP contribution is -2.45. The first-order valence-electron chi connectivity index (χ1n) is 9.08. The van der Waals surface area contributed by atoms with Gasteiger partial charge in [-0.2, -0.15) is 0 Å². The molecule has 1 atom stereocenters. The number of aryl methyl sites for hydroxylation is 2. The molecule has 1 saturated heterocycles. The largest absolute Gasteiger partial charge is 0.466 e. The summed E-state index contributed by atoms with van der Waals surface area (Å²) in [6.07, 6.45) is 4.10. The predicted molar refractivity (Wildman–Crippen MR) is 97.8 cm³/mol. The first-order valence-corrected chi connectivity index (χ1v) is 9.08. The average Bonchev–Trinajstić information content (AvgIpc) is 3.00. The summed E-state index contributed by atoms with van der Waals surface area (Å²) in [6, 6.07) is 7.53. The number of rotatable bonds is 5. The van der Waals surface area contributed by atoms with Crippen LogP contribution in [0.3, 0.4) is 0 Å². The summed E-state index contributed by atoms with van der Waals surface area (Å²) in [5.74, 6) is 1.16. The molecule has 1 aliphatic rings. The zero-order valence-electron chi connectivity index (χ0n) is 15.3. The Labute approximate surface area is 153 Å². The number of carbonyl (C=O) groups is 2. The lowest BCUT2D eigenvalue weighted by molar-refractivity contribution is -0.126. The third kappa shape index (κ3) is 4.31. The molecule has 0 spiro atoms. The van der Waals surface area contributed by atoms with Gasteiger partial charge in [-0.05, 0) is 44.9 Å². The molecule has 6 nitrogen and oxygen atoms in total. The molecule has 0 bridgehead atoms. The fourth-order valence-electron chi connectivity index (χ4n) is 3.39. The van der Waals surface area contributed by atoms with Crippen molar-refractivity contribution in [2.24, 2.45) is 5.92 Å². The number of furan rings is 1. The SMILES string of the molecule is Cc1cc(C(=O)N2CCCC(C(=O)NCCc3ccccn3)C2)c(C)o1. The van der Waals surface area contributed by atoms with Crippen LogP contribution in [0.2, 0.25) is 0 Å². The fraction of sp³-hybridized carbons (Fsp3) is 0.450. The lowest BCUT2D eigenvalue weighted by Gasteiger charge is -2.32. The van der Waals surface area contributed by atoms with Gasteiger partial charge in [0.2, 0.25) is 5.91 Å². The van der Waals surface area contributed by atoms with Crippen LogP contribution in [0.5, 0.6) is 0 Å². The zero-order chi connectivity index (χ0) is 18.5. The molecule has 1 fully saturated rings. The van der Waals surface area contributed by atoms with Gasteiger partial charge in [0.05, 0.1) is 11.5 Å². The second-order valence-electron chi connectivity index (χ2n) is 6.78. The molecule has 1 unspecified atom stereocenters. The summed E-state index contributed by atoms with van der Waals surface area (Å²) in [5, 5.41) is 2.98. The molecule has 2 aromatic heterocycles. The van der Waals surface area contributed by atoms with Crippen molar-refractivity contribution >= 4 is 11.8 Å². The second-order valence-corrected chi connectivity index (χ2v) is 6.78. The Morgan fingerprint density at radius 2 is 2.19 bits per heavy atom. The summed E-state index contributed by atoms with van der Waals surface area (Å²) in [7, 11) is 0. The molecule has 6 heteroatoms. The van der Waals surface area contributed by atoms with Crippen molar-refractivity contribution in [3.05, 3.63) is 53.2 Å². The minimum Gasteiger partial charge on any atom is -0.466 e. The number of hydrogen-bond acceptors (Lipinski definition) is 4. The third-order valence-corrected chi connectivity index (χ3v) is 4.76. The number of pyridine rings is 1. The van der Waals surface area contributed by atoms with Crippen LogP contribution < -0.4 is 5.32 Å². The van der Waals surface area contributed by atoms with Gasteiger partial charge in [0.1, 0.15) is 11.5 Å². The van der Waals surface area contributed by atoms with E-state index in [4.69, 9.17) is 4.42 Å². The number of amides is 2. The van der Waals surface area contributed by atoms with Crippen LogP contribution in [0.1, 0.15) is 40.4 Å². The third-order valence-electron chi connectivity index (χ3n) is 4.76. The minimum absolute atomic E-state index is 0.0125. The summed E-state index contributed by atoms with van der Waals surface area (Å²) in [5.41, 5.74) is 1.55. The van der Waals surface area contributed by atoms with Gasteiger partial charge in [0.15, 0.2) is 0 Å². The Morgan fingerprint density at radius 3 is 2.88 bits per heavy atom. The Balaban J connectivity index is 1.53. The number of hydrogen-bond donors (Lipinski definition) is 1. The summed E-state index contributed by atoms with van der Waals surface area (Å²) >= 11 is 0. The van der Waals surface area contributed by atoms with E-state index in [-0.39, 0.29) is 17.7 Å². The Bertz CT molecular complexity index is 770. The standard InChI is InChI=1S/C20H25N3O3/c1-14-12-18(15(2)26-14)20(25)23-11-5-6-16(13-23)19(24)22-10-8-17-7-3-4-9-21-17/h3-4,7,9,12,16H,5-6,8,10-11,13H2,1-2H3,(H,22,24). The fourth-order valence-corrected chi connectivity index (χ4v) is 3.39. The van der Waals surface area contributed by atoms with Crippen LogP contribution >= 0.6 is 0 Å². The first-order chi connectivity index (χ1) is 12.5. The number of piperidine rings is 1. The molecule has 0 aromatic carbocycles. The van der Waals surface area contributed by atoms with Gasteiger partial charge in [-0.1, -0.05) is 6.07 Å². The highest BCUT2D eigenvalue weighted by molar-refractivity contribution is 5.95. The number of aromatic nitrogens is 1. The van der Waals surface area contributed by atoms with Gasteiger partial charge in [0.25, 0.3) is 5.91 Å². The molecule has 1 N–H and O–H groups in total. The molecule has 26 heavy (non-hydrogen) atoms. The van der Waals surface area contributed by atoms with E-state index in [2.05, 4.69) is 10.3 Å². The van der Waals surface area contributed by atoms with E-state index in [0.717, 1.165) is 24.3 Å². The van der Waals surface area contributed by atoms with Crippen LogP contribution in [-0.4, -0.2) is 41.3 Å². The van der Waals surface area contributed by atoms with Gasteiger partial charge in [-0.15, -0.1) is 0 Å². The molecular formula is C20H25N3O3. The minimum atomic E-state index is -0.162. The molecule has 3 heterocycles. The van der Waals surface area contributed by atoms with E-state index in [1.807, 2.05) is 25.1 Å². The number of likely N-dealkylation sites (tertiary alicyclic amines) is 1. The van der Waals surface area contributed by atoms with Crippen molar-refractivity contribution in [1.82, 2.24) is 15.2 Å². The van der Waals surface area contributed by atoms with Crippen LogP contribution in [0.15, 0.2) is 34.9 Å². The molecule has 3 rings (SSSR count). The molecular weight excluding hydrogens is 330 g/mol. The van der Waals surface area contributed by atoms with Crippen molar-refractivity contribution in [3.63, 3.8) is 0 Å². The Hall–Kier alpha value is -2.63. The van der Waals surface area contributed by atoms with E-state index in [1.165, 1.54) is 0 Å². The van der Waals surface area contributed by atoms with Crippen LogP contribution in [0, 0.1) is 19.8 Å². The number of nitrogens with one attached hydrogen (secondary N) is 1. The highest BCUT2D eigenvalue weighted by Crippen LogP contribution is 2.22. The van der Waals surface area contributed by atoms with Crippen LogP contribution in [-0.2, 0) is 11.2 Å². The lowest BCUT2D eigenvalue weighted by atomic mass is 9.96. The Kier molecular flexibility index (Phi) is 5.71. The van der Waals surface area contributed by atoms with E-state index < -0.39 is 0 Å². The summed E-state index contributed by atoms with van der Waals surface area (Å²) in [4.78, 5) is 31.2. The van der Waals surface area contributed by atoms with Crippen molar-refractivity contribution in [1.29, 1.82) is 0 Å².